The summed E-state index contributed by atoms with van der Waals surface area (Å²) in [5.41, 5.74) is 3.20. The molecular formula is C26H37ClN4O2. The Labute approximate surface area is 202 Å². The maximum atomic E-state index is 9.26. The fourth-order valence-electron chi connectivity index (χ4n) is 4.82. The van der Waals surface area contributed by atoms with E-state index in [9.17, 15) is 5.11 Å². The summed E-state index contributed by atoms with van der Waals surface area (Å²) in [5, 5.41) is 20.6. The molecule has 0 bridgehead atoms. The number of hydrogen-bond donors (Lipinski definition) is 4. The third-order valence-corrected chi connectivity index (χ3v) is 7.14. The lowest BCUT2D eigenvalue weighted by atomic mass is 9.90. The van der Waals surface area contributed by atoms with Crippen molar-refractivity contribution in [1.82, 2.24) is 10.3 Å². The SMILES string of the molecule is C[C@H](CO)N[C@H]1CC[C@H](Nc2cc(-c3cccc(NCC4CCOCC4)c3)c(Cl)cn2)CC1. The summed E-state index contributed by atoms with van der Waals surface area (Å²) in [6.07, 6.45) is 8.36. The molecule has 1 aromatic heterocycles. The van der Waals surface area contributed by atoms with E-state index < -0.39 is 0 Å². The summed E-state index contributed by atoms with van der Waals surface area (Å²) >= 11 is 6.55. The molecular weight excluding hydrogens is 436 g/mol. The van der Waals surface area contributed by atoms with Crippen molar-refractivity contribution >= 4 is 23.1 Å². The van der Waals surface area contributed by atoms with Gasteiger partial charge in [0.1, 0.15) is 5.82 Å². The first-order valence-corrected chi connectivity index (χ1v) is 12.7. The summed E-state index contributed by atoms with van der Waals surface area (Å²) in [4.78, 5) is 4.54. The molecule has 33 heavy (non-hydrogen) atoms. The van der Waals surface area contributed by atoms with Crippen molar-refractivity contribution in [3.05, 3.63) is 41.6 Å². The number of nitrogens with one attached hydrogen (secondary N) is 3. The van der Waals surface area contributed by atoms with E-state index in [1.807, 2.05) is 6.92 Å². The minimum Gasteiger partial charge on any atom is -0.395 e. The van der Waals surface area contributed by atoms with Crippen molar-refractivity contribution in [3.8, 4) is 11.1 Å². The van der Waals surface area contributed by atoms with E-state index in [1.54, 1.807) is 6.20 Å². The van der Waals surface area contributed by atoms with Crippen molar-refractivity contribution in [3.63, 3.8) is 0 Å². The minimum atomic E-state index is 0.155. The molecule has 1 saturated heterocycles. The Morgan fingerprint density at radius 2 is 1.85 bits per heavy atom. The van der Waals surface area contributed by atoms with Crippen LogP contribution in [0.3, 0.4) is 0 Å². The fourth-order valence-corrected chi connectivity index (χ4v) is 5.03. The first-order valence-electron chi connectivity index (χ1n) is 12.3. The van der Waals surface area contributed by atoms with Crippen LogP contribution >= 0.6 is 11.6 Å². The molecule has 6 nitrogen and oxygen atoms in total. The van der Waals surface area contributed by atoms with Gasteiger partial charge >= 0.3 is 0 Å². The number of aliphatic hydroxyl groups excluding tert-OH is 1. The smallest absolute Gasteiger partial charge is 0.126 e. The normalized spacial score (nSPS) is 22.6. The molecule has 1 aliphatic carbocycles. The Morgan fingerprint density at radius 1 is 1.09 bits per heavy atom. The van der Waals surface area contributed by atoms with Crippen molar-refractivity contribution in [2.24, 2.45) is 5.92 Å². The number of halogens is 1. The number of benzene rings is 1. The van der Waals surface area contributed by atoms with E-state index in [4.69, 9.17) is 16.3 Å². The molecule has 2 fully saturated rings. The van der Waals surface area contributed by atoms with Crippen LogP contribution in [-0.2, 0) is 4.74 Å². The zero-order chi connectivity index (χ0) is 23.0. The number of nitrogens with zero attached hydrogens (tertiary/aromatic N) is 1. The average Bonchev–Trinajstić information content (AvgIpc) is 2.86. The van der Waals surface area contributed by atoms with Crippen LogP contribution in [0.15, 0.2) is 36.5 Å². The molecule has 4 N–H and O–H groups in total. The molecule has 180 valence electrons. The highest BCUT2D eigenvalue weighted by molar-refractivity contribution is 6.33. The summed E-state index contributed by atoms with van der Waals surface area (Å²) in [5.74, 6) is 1.54. The summed E-state index contributed by atoms with van der Waals surface area (Å²) in [6.45, 7) is 4.92. The first kappa shape index (κ1) is 24.3. The van der Waals surface area contributed by atoms with Crippen LogP contribution in [0.4, 0.5) is 11.5 Å². The van der Waals surface area contributed by atoms with Gasteiger partial charge in [-0.3, -0.25) is 0 Å². The molecule has 4 rings (SSSR count). The van der Waals surface area contributed by atoms with Gasteiger partial charge < -0.3 is 25.8 Å². The highest BCUT2D eigenvalue weighted by Gasteiger charge is 2.22. The van der Waals surface area contributed by atoms with E-state index in [0.29, 0.717) is 23.0 Å². The molecule has 0 unspecified atom stereocenters. The second kappa shape index (κ2) is 12.0. The third kappa shape index (κ3) is 7.06. The van der Waals surface area contributed by atoms with Gasteiger partial charge in [-0.25, -0.2) is 4.98 Å². The highest BCUT2D eigenvalue weighted by atomic mass is 35.5. The lowest BCUT2D eigenvalue weighted by Crippen LogP contribution is -2.42. The van der Waals surface area contributed by atoms with Gasteiger partial charge in [0.2, 0.25) is 0 Å². The van der Waals surface area contributed by atoms with Crippen LogP contribution in [0.5, 0.6) is 0 Å². The van der Waals surface area contributed by atoms with Crippen LogP contribution in [0, 0.1) is 5.92 Å². The van der Waals surface area contributed by atoms with Crippen LogP contribution in [0.2, 0.25) is 5.02 Å². The number of ether oxygens (including phenoxy) is 1. The van der Waals surface area contributed by atoms with Gasteiger partial charge in [0.05, 0.1) is 11.6 Å². The summed E-state index contributed by atoms with van der Waals surface area (Å²) < 4.78 is 5.47. The largest absolute Gasteiger partial charge is 0.395 e. The lowest BCUT2D eigenvalue weighted by Gasteiger charge is -2.31. The third-order valence-electron chi connectivity index (χ3n) is 6.84. The number of rotatable bonds is 9. The molecule has 0 spiro atoms. The molecule has 1 saturated carbocycles. The minimum absolute atomic E-state index is 0.155. The topological polar surface area (TPSA) is 78.4 Å². The van der Waals surface area contributed by atoms with Crippen LogP contribution < -0.4 is 16.0 Å². The van der Waals surface area contributed by atoms with Gasteiger partial charge in [-0.15, -0.1) is 0 Å². The molecule has 1 atom stereocenters. The van der Waals surface area contributed by atoms with Gasteiger partial charge in [0.15, 0.2) is 0 Å². The van der Waals surface area contributed by atoms with E-state index in [1.165, 1.54) is 0 Å². The number of aliphatic hydroxyl groups is 1. The van der Waals surface area contributed by atoms with E-state index in [2.05, 4.69) is 51.3 Å². The zero-order valence-electron chi connectivity index (χ0n) is 19.5. The maximum absolute atomic E-state index is 9.26. The predicted molar refractivity (Wildman–Crippen MR) is 136 cm³/mol. The average molecular weight is 473 g/mol. The molecule has 0 radical (unpaired) electrons. The highest BCUT2D eigenvalue weighted by Crippen LogP contribution is 2.32. The Bertz CT molecular complexity index is 882. The van der Waals surface area contributed by atoms with Crippen LogP contribution in [-0.4, -0.2) is 54.6 Å². The van der Waals surface area contributed by atoms with E-state index in [-0.39, 0.29) is 12.6 Å². The maximum Gasteiger partial charge on any atom is 0.126 e. The van der Waals surface area contributed by atoms with Gasteiger partial charge in [0, 0.05) is 55.3 Å². The number of hydrogen-bond acceptors (Lipinski definition) is 6. The summed E-state index contributed by atoms with van der Waals surface area (Å²) in [7, 11) is 0. The van der Waals surface area contributed by atoms with Crippen molar-refractivity contribution < 1.29 is 9.84 Å². The number of anilines is 2. The molecule has 2 aromatic rings. The molecule has 1 aliphatic heterocycles. The quantitative estimate of drug-likeness (QED) is 0.414. The second-order valence-corrected chi connectivity index (χ2v) is 9.92. The van der Waals surface area contributed by atoms with Gasteiger partial charge in [-0.1, -0.05) is 23.7 Å². The van der Waals surface area contributed by atoms with Gasteiger partial charge in [0.25, 0.3) is 0 Å². The monoisotopic (exact) mass is 472 g/mol. The Kier molecular flexibility index (Phi) is 8.84. The Balaban J connectivity index is 1.36. The van der Waals surface area contributed by atoms with E-state index in [0.717, 1.165) is 80.9 Å². The second-order valence-electron chi connectivity index (χ2n) is 9.51. The molecule has 2 aliphatic rings. The fraction of sp³-hybridized carbons (Fsp3) is 0.577. The van der Waals surface area contributed by atoms with Crippen molar-refractivity contribution in [2.45, 2.75) is 63.6 Å². The van der Waals surface area contributed by atoms with Crippen molar-refractivity contribution in [2.75, 3.05) is 37.0 Å². The van der Waals surface area contributed by atoms with Crippen LogP contribution in [0.1, 0.15) is 45.4 Å². The van der Waals surface area contributed by atoms with Gasteiger partial charge in [-0.05, 0) is 75.1 Å². The summed E-state index contributed by atoms with van der Waals surface area (Å²) in [6, 6.07) is 11.6. The van der Waals surface area contributed by atoms with Gasteiger partial charge in [-0.2, -0.15) is 0 Å². The van der Waals surface area contributed by atoms with E-state index >= 15 is 0 Å². The number of pyridine rings is 1. The predicted octanol–water partition coefficient (Wildman–Crippen LogP) is 4.93. The molecule has 0 amide bonds. The number of aromatic nitrogens is 1. The molecule has 7 heteroatoms. The lowest BCUT2D eigenvalue weighted by molar-refractivity contribution is 0.0699. The van der Waals surface area contributed by atoms with Crippen LogP contribution in [0.25, 0.3) is 11.1 Å². The molecule has 1 aromatic carbocycles. The molecule has 2 heterocycles. The standard InChI is InChI=1S/C26H37ClN4O2/c1-18(17-32)30-21-5-7-22(8-6-21)31-26-14-24(25(27)16-29-26)20-3-2-4-23(13-20)28-15-19-9-11-33-12-10-19/h2-4,13-14,16,18-19,21-22,28,30,32H,5-12,15,17H2,1H3,(H,29,31)/t18-,21-,22-/m1/s1. The Hall–Kier alpha value is -1.86. The zero-order valence-corrected chi connectivity index (χ0v) is 20.3. The van der Waals surface area contributed by atoms with Crippen molar-refractivity contribution in [1.29, 1.82) is 0 Å². The first-order chi connectivity index (χ1) is 16.1. The Morgan fingerprint density at radius 3 is 2.61 bits per heavy atom.